The Kier molecular flexibility index (Phi) is 4.48. The second-order valence-corrected chi connectivity index (χ2v) is 5.16. The minimum Gasteiger partial charge on any atom is -0.319 e. The fourth-order valence-electron chi connectivity index (χ4n) is 1.57. The lowest BCUT2D eigenvalue weighted by Gasteiger charge is -2.10. The second kappa shape index (κ2) is 5.95. The van der Waals surface area contributed by atoms with Gasteiger partial charge < -0.3 is 5.32 Å². The molecule has 0 saturated carbocycles. The van der Waals surface area contributed by atoms with Crippen LogP contribution >= 0.6 is 34.8 Å². The Balaban J connectivity index is 2.30. The Hall–Kier alpha value is -1.36. The SMILES string of the molecule is Cc1cc(Cl)nc(Cl)c1NC(=O)c1ccc(Cl)c(F)c1. The largest absolute Gasteiger partial charge is 0.319 e. The Bertz CT molecular complexity index is 668. The van der Waals surface area contributed by atoms with Gasteiger partial charge in [-0.3, -0.25) is 4.79 Å². The molecule has 20 heavy (non-hydrogen) atoms. The van der Waals surface area contributed by atoms with Crippen LogP contribution in [0.25, 0.3) is 0 Å². The molecule has 2 rings (SSSR count). The minimum absolute atomic E-state index is 0.0519. The molecule has 0 saturated heterocycles. The van der Waals surface area contributed by atoms with Gasteiger partial charge in [0, 0.05) is 5.56 Å². The van der Waals surface area contributed by atoms with Gasteiger partial charge in [-0.2, -0.15) is 0 Å². The van der Waals surface area contributed by atoms with Crippen molar-refractivity contribution in [3.05, 3.63) is 56.5 Å². The topological polar surface area (TPSA) is 42.0 Å². The van der Waals surface area contributed by atoms with Gasteiger partial charge in [0.05, 0.1) is 10.7 Å². The number of nitrogens with zero attached hydrogens (tertiary/aromatic N) is 1. The first-order chi connectivity index (χ1) is 9.38. The van der Waals surface area contributed by atoms with E-state index < -0.39 is 11.7 Å². The van der Waals surface area contributed by atoms with Gasteiger partial charge in [-0.25, -0.2) is 9.37 Å². The van der Waals surface area contributed by atoms with Crippen molar-refractivity contribution in [3.63, 3.8) is 0 Å². The summed E-state index contributed by atoms with van der Waals surface area (Å²) in [6.07, 6.45) is 0. The summed E-state index contributed by atoms with van der Waals surface area (Å²) in [5.74, 6) is -1.19. The van der Waals surface area contributed by atoms with Crippen LogP contribution in [0.5, 0.6) is 0 Å². The molecule has 1 amide bonds. The van der Waals surface area contributed by atoms with Crippen LogP contribution in [0, 0.1) is 12.7 Å². The van der Waals surface area contributed by atoms with Crippen molar-refractivity contribution in [2.24, 2.45) is 0 Å². The van der Waals surface area contributed by atoms with Crippen LogP contribution in [0.1, 0.15) is 15.9 Å². The summed E-state index contributed by atoms with van der Waals surface area (Å²) in [6.45, 7) is 1.72. The first-order valence-corrected chi connectivity index (χ1v) is 6.61. The number of halogens is 4. The van der Waals surface area contributed by atoms with Crippen LogP contribution in [0.4, 0.5) is 10.1 Å². The van der Waals surface area contributed by atoms with Crippen molar-refractivity contribution in [2.75, 3.05) is 5.32 Å². The van der Waals surface area contributed by atoms with Gasteiger partial charge in [0.1, 0.15) is 11.0 Å². The molecule has 0 aliphatic heterocycles. The maximum atomic E-state index is 13.3. The highest BCUT2D eigenvalue weighted by Crippen LogP contribution is 2.27. The molecular formula is C13H8Cl3FN2O. The van der Waals surface area contributed by atoms with Crippen LogP contribution in [-0.2, 0) is 0 Å². The number of hydrogen-bond acceptors (Lipinski definition) is 2. The molecule has 1 heterocycles. The normalized spacial score (nSPS) is 10.4. The zero-order valence-corrected chi connectivity index (χ0v) is 12.4. The highest BCUT2D eigenvalue weighted by Gasteiger charge is 2.14. The van der Waals surface area contributed by atoms with Gasteiger partial charge in [-0.05, 0) is 36.8 Å². The zero-order valence-electron chi connectivity index (χ0n) is 10.2. The number of pyridine rings is 1. The van der Waals surface area contributed by atoms with E-state index >= 15 is 0 Å². The predicted molar refractivity (Wildman–Crippen MR) is 78.4 cm³/mol. The molecule has 0 bridgehead atoms. The van der Waals surface area contributed by atoms with Crippen molar-refractivity contribution in [2.45, 2.75) is 6.92 Å². The van der Waals surface area contributed by atoms with Crippen LogP contribution in [-0.4, -0.2) is 10.9 Å². The number of amides is 1. The van der Waals surface area contributed by atoms with Crippen molar-refractivity contribution in [3.8, 4) is 0 Å². The third-order valence-corrected chi connectivity index (χ3v) is 3.34. The van der Waals surface area contributed by atoms with Crippen LogP contribution in [0.2, 0.25) is 15.3 Å². The van der Waals surface area contributed by atoms with E-state index in [1.54, 1.807) is 13.0 Å². The molecule has 1 aromatic carbocycles. The van der Waals surface area contributed by atoms with Crippen molar-refractivity contribution < 1.29 is 9.18 Å². The Morgan fingerprint density at radius 1 is 1.25 bits per heavy atom. The monoisotopic (exact) mass is 332 g/mol. The van der Waals surface area contributed by atoms with E-state index in [4.69, 9.17) is 34.8 Å². The van der Waals surface area contributed by atoms with Gasteiger partial charge in [0.25, 0.3) is 5.91 Å². The molecule has 0 fully saturated rings. The average molecular weight is 334 g/mol. The molecule has 0 aliphatic rings. The minimum atomic E-state index is -0.670. The maximum Gasteiger partial charge on any atom is 0.255 e. The number of aryl methyl sites for hydroxylation is 1. The van der Waals surface area contributed by atoms with E-state index in [1.807, 2.05) is 0 Å². The smallest absolute Gasteiger partial charge is 0.255 e. The number of aromatic nitrogens is 1. The van der Waals surface area contributed by atoms with Crippen LogP contribution in [0.3, 0.4) is 0 Å². The van der Waals surface area contributed by atoms with Gasteiger partial charge >= 0.3 is 0 Å². The molecule has 0 aliphatic carbocycles. The summed E-state index contributed by atoms with van der Waals surface area (Å²) >= 11 is 17.2. The molecule has 0 spiro atoms. The number of hydrogen-bond donors (Lipinski definition) is 1. The van der Waals surface area contributed by atoms with Crippen LogP contribution in [0.15, 0.2) is 24.3 Å². The molecule has 7 heteroatoms. The summed E-state index contributed by atoms with van der Waals surface area (Å²) in [6, 6.07) is 5.32. The standard InChI is InChI=1S/C13H8Cl3FN2O/c1-6-4-10(15)18-12(16)11(6)19-13(20)7-2-3-8(14)9(17)5-7/h2-5H,1H3,(H,19,20). The van der Waals surface area contributed by atoms with Crippen molar-refractivity contribution in [1.82, 2.24) is 4.98 Å². The molecule has 1 aromatic heterocycles. The first-order valence-electron chi connectivity index (χ1n) is 5.47. The molecule has 1 N–H and O–H groups in total. The average Bonchev–Trinajstić information content (AvgIpc) is 2.36. The van der Waals surface area contributed by atoms with Crippen LogP contribution < -0.4 is 5.32 Å². The quantitative estimate of drug-likeness (QED) is 0.806. The lowest BCUT2D eigenvalue weighted by Crippen LogP contribution is -2.14. The fraction of sp³-hybridized carbons (Fsp3) is 0.0769. The Morgan fingerprint density at radius 2 is 1.95 bits per heavy atom. The van der Waals surface area contributed by atoms with Crippen molar-refractivity contribution in [1.29, 1.82) is 0 Å². The summed E-state index contributed by atoms with van der Waals surface area (Å²) in [5, 5.41) is 2.81. The maximum absolute atomic E-state index is 13.3. The number of rotatable bonds is 2. The lowest BCUT2D eigenvalue weighted by atomic mass is 10.2. The summed E-state index contributed by atoms with van der Waals surface area (Å²) in [7, 11) is 0. The van der Waals surface area contributed by atoms with Gasteiger partial charge in [-0.1, -0.05) is 34.8 Å². The number of anilines is 1. The lowest BCUT2D eigenvalue weighted by molar-refractivity contribution is 0.102. The summed E-state index contributed by atoms with van der Waals surface area (Å²) in [4.78, 5) is 15.9. The highest BCUT2D eigenvalue weighted by atomic mass is 35.5. The fourth-order valence-corrected chi connectivity index (χ4v) is 2.27. The number of benzene rings is 1. The Morgan fingerprint density at radius 3 is 2.55 bits per heavy atom. The van der Waals surface area contributed by atoms with Gasteiger partial charge in [0.15, 0.2) is 5.15 Å². The van der Waals surface area contributed by atoms with E-state index in [9.17, 15) is 9.18 Å². The first kappa shape index (κ1) is 15.0. The molecule has 2 aromatic rings. The second-order valence-electron chi connectivity index (χ2n) is 4.01. The predicted octanol–water partition coefficient (Wildman–Crippen LogP) is 4.74. The number of nitrogens with one attached hydrogen (secondary N) is 1. The van der Waals surface area contributed by atoms with Gasteiger partial charge in [0.2, 0.25) is 0 Å². The molecule has 0 atom stereocenters. The molecule has 0 radical (unpaired) electrons. The molecule has 104 valence electrons. The van der Waals surface area contributed by atoms with E-state index in [0.717, 1.165) is 6.07 Å². The molecule has 3 nitrogen and oxygen atoms in total. The van der Waals surface area contributed by atoms with E-state index in [2.05, 4.69) is 10.3 Å². The van der Waals surface area contributed by atoms with E-state index in [-0.39, 0.29) is 20.9 Å². The number of carbonyl (C=O) groups is 1. The third-order valence-electron chi connectivity index (χ3n) is 2.56. The highest BCUT2D eigenvalue weighted by molar-refractivity contribution is 6.35. The van der Waals surface area contributed by atoms with Gasteiger partial charge in [-0.15, -0.1) is 0 Å². The summed E-state index contributed by atoms with van der Waals surface area (Å²) < 4.78 is 13.3. The van der Waals surface area contributed by atoms with Crippen molar-refractivity contribution >= 4 is 46.4 Å². The van der Waals surface area contributed by atoms with E-state index in [1.165, 1.54) is 12.1 Å². The number of carbonyl (C=O) groups excluding carboxylic acids is 1. The Labute approximate surface area is 129 Å². The third kappa shape index (κ3) is 3.20. The molecule has 0 unspecified atom stereocenters. The summed E-state index contributed by atoms with van der Waals surface area (Å²) in [5.41, 5.74) is 1.10. The van der Waals surface area contributed by atoms with E-state index in [0.29, 0.717) is 11.3 Å². The zero-order chi connectivity index (χ0) is 14.9. The molecular weight excluding hydrogens is 326 g/mol.